The summed E-state index contributed by atoms with van der Waals surface area (Å²) < 4.78 is 0. The number of aliphatic imine (C=N–C) groups is 1. The Morgan fingerprint density at radius 2 is 1.28 bits per heavy atom. The molecule has 3 aliphatic rings. The zero-order chi connectivity index (χ0) is 17.9. The van der Waals surface area contributed by atoms with Gasteiger partial charge in [-0.2, -0.15) is 0 Å². The van der Waals surface area contributed by atoms with Crippen LogP contribution in [0.4, 0.5) is 0 Å². The summed E-state index contributed by atoms with van der Waals surface area (Å²) in [7, 11) is 0. The van der Waals surface area contributed by atoms with Gasteiger partial charge in [0.05, 0.1) is 6.04 Å². The molecule has 1 N–H and O–H groups in total. The van der Waals surface area contributed by atoms with E-state index in [2.05, 4.69) is 32.3 Å². The van der Waals surface area contributed by atoms with Crippen molar-refractivity contribution < 1.29 is 0 Å². The highest BCUT2D eigenvalue weighted by atomic mass is 32.2. The van der Waals surface area contributed by atoms with Crippen molar-refractivity contribution in [1.82, 2.24) is 5.32 Å². The van der Waals surface area contributed by atoms with E-state index in [1.165, 1.54) is 75.8 Å². The van der Waals surface area contributed by atoms with Crippen molar-refractivity contribution in [2.45, 2.75) is 103 Å². The van der Waals surface area contributed by atoms with E-state index in [0.29, 0.717) is 6.04 Å². The second-order valence-electron chi connectivity index (χ2n) is 9.85. The van der Waals surface area contributed by atoms with Crippen molar-refractivity contribution in [3.8, 4) is 0 Å². The van der Waals surface area contributed by atoms with E-state index in [0.717, 1.165) is 23.7 Å². The normalized spacial score (nSPS) is 33.1. The number of thioether (sulfide) groups is 1. The molecule has 0 radical (unpaired) electrons. The third kappa shape index (κ3) is 5.17. The third-order valence-electron chi connectivity index (χ3n) is 6.90. The molecule has 3 saturated carbocycles. The maximum atomic E-state index is 5.46. The van der Waals surface area contributed by atoms with Gasteiger partial charge in [-0.05, 0) is 63.5 Å². The summed E-state index contributed by atoms with van der Waals surface area (Å²) in [5.74, 6) is 3.61. The van der Waals surface area contributed by atoms with Gasteiger partial charge in [0, 0.05) is 5.54 Å². The molecule has 0 aromatic rings. The molecule has 0 amide bonds. The Morgan fingerprint density at radius 3 is 1.68 bits per heavy atom. The van der Waals surface area contributed by atoms with Gasteiger partial charge in [-0.3, -0.25) is 4.99 Å². The van der Waals surface area contributed by atoms with Crippen LogP contribution < -0.4 is 5.32 Å². The summed E-state index contributed by atoms with van der Waals surface area (Å²) in [4.78, 5) is 5.46. The number of hydrogen-bond donors (Lipinski definition) is 1. The molecule has 0 bridgehead atoms. The molecule has 0 aromatic heterocycles. The molecule has 2 nitrogen and oxygen atoms in total. The first-order valence-corrected chi connectivity index (χ1v) is 12.1. The quantitative estimate of drug-likeness (QED) is 0.472. The number of nitrogens with zero attached hydrogens (tertiary/aromatic N) is 1. The summed E-state index contributed by atoms with van der Waals surface area (Å²) in [6.45, 7) is 6.76. The van der Waals surface area contributed by atoms with Crippen LogP contribution in [0.3, 0.4) is 0 Å². The molecule has 3 heteroatoms. The lowest BCUT2D eigenvalue weighted by atomic mass is 9.66. The van der Waals surface area contributed by atoms with Crippen molar-refractivity contribution in [3.05, 3.63) is 0 Å². The highest BCUT2D eigenvalue weighted by Gasteiger charge is 2.42. The Balaban J connectivity index is 1.84. The van der Waals surface area contributed by atoms with Gasteiger partial charge < -0.3 is 5.32 Å². The molecule has 3 fully saturated rings. The molecule has 0 aliphatic heterocycles. The molecule has 2 unspecified atom stereocenters. The molecule has 3 rings (SSSR count). The molecular weight excluding hydrogens is 324 g/mol. The van der Waals surface area contributed by atoms with Gasteiger partial charge in [-0.1, -0.05) is 69.5 Å². The number of hydrogen-bond acceptors (Lipinski definition) is 2. The molecule has 2 atom stereocenters. The molecular formula is C22H40N2S. The molecule has 0 aromatic carbocycles. The molecule has 3 aliphatic carbocycles. The van der Waals surface area contributed by atoms with Crippen LogP contribution in [0.1, 0.15) is 91.4 Å². The monoisotopic (exact) mass is 364 g/mol. The first-order valence-electron chi connectivity index (χ1n) is 10.9. The average molecular weight is 365 g/mol. The fourth-order valence-electron chi connectivity index (χ4n) is 5.83. The summed E-state index contributed by atoms with van der Waals surface area (Å²) in [6.07, 6.45) is 18.2. The van der Waals surface area contributed by atoms with E-state index in [9.17, 15) is 0 Å². The maximum absolute atomic E-state index is 5.46. The predicted molar refractivity (Wildman–Crippen MR) is 112 cm³/mol. The first-order chi connectivity index (χ1) is 12.0. The summed E-state index contributed by atoms with van der Waals surface area (Å²) >= 11 is 1.82. The fraction of sp³-hybridized carbons (Fsp3) is 0.955. The van der Waals surface area contributed by atoms with Gasteiger partial charge in [0.2, 0.25) is 0 Å². The lowest BCUT2D eigenvalue weighted by Crippen LogP contribution is -2.43. The molecule has 144 valence electrons. The Morgan fingerprint density at radius 1 is 0.800 bits per heavy atom. The summed E-state index contributed by atoms with van der Waals surface area (Å²) in [6, 6.07) is 0.581. The minimum atomic E-state index is 0.0994. The average Bonchev–Trinajstić information content (AvgIpc) is 3.26. The second kappa shape index (κ2) is 8.67. The van der Waals surface area contributed by atoms with E-state index in [-0.39, 0.29) is 5.54 Å². The van der Waals surface area contributed by atoms with E-state index in [1.807, 2.05) is 11.8 Å². The van der Waals surface area contributed by atoms with Crippen LogP contribution in [-0.4, -0.2) is 23.0 Å². The maximum Gasteiger partial charge on any atom is 0.156 e. The predicted octanol–water partition coefficient (Wildman–Crippen LogP) is 6.26. The van der Waals surface area contributed by atoms with E-state index in [1.54, 1.807) is 0 Å². The van der Waals surface area contributed by atoms with E-state index < -0.39 is 0 Å². The number of nitrogens with one attached hydrogen (secondary N) is 1. The summed E-state index contributed by atoms with van der Waals surface area (Å²) in [5, 5.41) is 4.87. The van der Waals surface area contributed by atoms with Crippen LogP contribution in [0.25, 0.3) is 0 Å². The largest absolute Gasteiger partial charge is 0.360 e. The minimum absolute atomic E-state index is 0.0994. The summed E-state index contributed by atoms with van der Waals surface area (Å²) in [5.41, 5.74) is 0.0994. The van der Waals surface area contributed by atoms with Gasteiger partial charge in [0.15, 0.2) is 5.17 Å². The first kappa shape index (κ1) is 19.6. The topological polar surface area (TPSA) is 24.4 Å². The highest BCUT2D eigenvalue weighted by Crippen LogP contribution is 2.48. The Bertz CT molecular complexity index is 417. The lowest BCUT2D eigenvalue weighted by Gasteiger charge is -2.42. The van der Waals surface area contributed by atoms with Crippen LogP contribution >= 0.6 is 11.8 Å². The second-order valence-corrected chi connectivity index (χ2v) is 10.6. The standard InChI is InChI=1S/C22H40N2S/c1-22(2,3)24-21(25-4)23-20-18(16-10-5-6-11-16)14-9-15-19(20)17-12-7-8-13-17/h16-20H,5-15H2,1-4H3,(H,23,24). The van der Waals surface area contributed by atoms with E-state index in [4.69, 9.17) is 4.99 Å². The number of amidine groups is 1. The molecule has 25 heavy (non-hydrogen) atoms. The van der Waals surface area contributed by atoms with Crippen molar-refractivity contribution in [2.75, 3.05) is 6.26 Å². The third-order valence-corrected chi connectivity index (χ3v) is 7.50. The van der Waals surface area contributed by atoms with Gasteiger partial charge in [-0.25, -0.2) is 0 Å². The Labute approximate surface area is 160 Å². The Kier molecular flexibility index (Phi) is 6.79. The Hall–Kier alpha value is -0.180. The van der Waals surface area contributed by atoms with Gasteiger partial charge in [0.1, 0.15) is 0 Å². The van der Waals surface area contributed by atoms with Gasteiger partial charge >= 0.3 is 0 Å². The zero-order valence-corrected chi connectivity index (χ0v) is 17.8. The van der Waals surface area contributed by atoms with Crippen molar-refractivity contribution >= 4 is 16.9 Å². The van der Waals surface area contributed by atoms with Crippen molar-refractivity contribution in [3.63, 3.8) is 0 Å². The van der Waals surface area contributed by atoms with Crippen molar-refractivity contribution in [1.29, 1.82) is 0 Å². The molecule has 0 spiro atoms. The molecule has 0 saturated heterocycles. The van der Waals surface area contributed by atoms with Crippen molar-refractivity contribution in [2.24, 2.45) is 28.7 Å². The fourth-order valence-corrected chi connectivity index (χ4v) is 6.47. The smallest absolute Gasteiger partial charge is 0.156 e. The van der Waals surface area contributed by atoms with Crippen LogP contribution in [0, 0.1) is 23.7 Å². The van der Waals surface area contributed by atoms with Gasteiger partial charge in [0.25, 0.3) is 0 Å². The number of rotatable bonds is 3. The van der Waals surface area contributed by atoms with Crippen LogP contribution in [0.5, 0.6) is 0 Å². The lowest BCUT2D eigenvalue weighted by molar-refractivity contribution is 0.121. The highest BCUT2D eigenvalue weighted by molar-refractivity contribution is 8.13. The minimum Gasteiger partial charge on any atom is -0.360 e. The van der Waals surface area contributed by atoms with E-state index >= 15 is 0 Å². The van der Waals surface area contributed by atoms with Crippen LogP contribution in [0.2, 0.25) is 0 Å². The van der Waals surface area contributed by atoms with Crippen LogP contribution in [0.15, 0.2) is 4.99 Å². The SMILES string of the molecule is CSC(=NC1C(C2CCCC2)CCCC1C1CCCC1)NC(C)(C)C. The zero-order valence-electron chi connectivity index (χ0n) is 17.0. The van der Waals surface area contributed by atoms with Crippen LogP contribution in [-0.2, 0) is 0 Å². The van der Waals surface area contributed by atoms with Gasteiger partial charge in [-0.15, -0.1) is 0 Å². The molecule has 0 heterocycles.